The molecule has 3 aromatic rings. The largest absolute Gasteiger partial charge is 0.394 e. The summed E-state index contributed by atoms with van der Waals surface area (Å²) in [4.78, 5) is 12.4. The third kappa shape index (κ3) is 2.92. The first-order valence-corrected chi connectivity index (χ1v) is 8.60. The Labute approximate surface area is 150 Å². The van der Waals surface area contributed by atoms with Crippen LogP contribution in [0.15, 0.2) is 43.0 Å². The van der Waals surface area contributed by atoms with Crippen LogP contribution in [0, 0.1) is 5.92 Å². The highest BCUT2D eigenvalue weighted by Gasteiger charge is 2.44. The normalized spacial score (nSPS) is 25.8. The molecule has 0 spiro atoms. The van der Waals surface area contributed by atoms with E-state index in [4.69, 9.17) is 10.5 Å². The minimum absolute atomic E-state index is 0.156. The minimum atomic E-state index is -0.788. The zero-order valence-corrected chi connectivity index (χ0v) is 14.1. The Hall–Kier alpha value is -2.55. The van der Waals surface area contributed by atoms with Gasteiger partial charge in [0.15, 0.2) is 17.7 Å². The van der Waals surface area contributed by atoms with Crippen LogP contribution < -0.4 is 5.73 Å². The molecule has 0 radical (unpaired) electrons. The maximum absolute atomic E-state index is 10.9. The number of hydrogen-bond acceptors (Lipinski definition) is 7. The highest BCUT2D eigenvalue weighted by molar-refractivity contribution is 5.81. The number of ether oxygens (including phenoxy) is 1. The second-order valence-electron chi connectivity index (χ2n) is 6.51. The molecule has 1 unspecified atom stereocenters. The summed E-state index contributed by atoms with van der Waals surface area (Å²) >= 11 is 0. The summed E-state index contributed by atoms with van der Waals surface area (Å²) in [5.74, 6) is 0.0856. The van der Waals surface area contributed by atoms with Crippen LogP contribution in [0.25, 0.3) is 11.2 Å². The number of nitrogen functional groups attached to an aromatic ring is 1. The van der Waals surface area contributed by atoms with E-state index in [-0.39, 0.29) is 18.3 Å². The molecule has 8 nitrogen and oxygen atoms in total. The number of hydrogen-bond donors (Lipinski definition) is 3. The Morgan fingerprint density at radius 3 is 2.73 bits per heavy atom. The number of aliphatic hydroxyl groups excluding tert-OH is 2. The van der Waals surface area contributed by atoms with Crippen molar-refractivity contribution in [2.75, 3.05) is 12.3 Å². The van der Waals surface area contributed by atoms with Crippen LogP contribution in [0.5, 0.6) is 0 Å². The summed E-state index contributed by atoms with van der Waals surface area (Å²) in [6, 6.07) is 10.1. The van der Waals surface area contributed by atoms with Gasteiger partial charge in [-0.3, -0.25) is 4.57 Å². The number of aromatic nitrogens is 4. The SMILES string of the molecule is Nc1ncnc2c1ncn2[C@@H]1O[C@H](CO)C(CCc2ccccc2)[C@@H]1O. The van der Waals surface area contributed by atoms with Crippen molar-refractivity contribution in [3.8, 4) is 0 Å². The summed E-state index contributed by atoms with van der Waals surface area (Å²) in [5.41, 5.74) is 7.98. The zero-order valence-electron chi connectivity index (χ0n) is 14.1. The van der Waals surface area contributed by atoms with Crippen LogP contribution in [0.2, 0.25) is 0 Å². The van der Waals surface area contributed by atoms with E-state index in [9.17, 15) is 10.2 Å². The van der Waals surface area contributed by atoms with Crippen molar-refractivity contribution < 1.29 is 14.9 Å². The third-order valence-corrected chi connectivity index (χ3v) is 4.97. The van der Waals surface area contributed by atoms with Crippen LogP contribution >= 0.6 is 0 Å². The van der Waals surface area contributed by atoms with Gasteiger partial charge in [0.1, 0.15) is 17.9 Å². The fourth-order valence-corrected chi connectivity index (χ4v) is 3.59. The second-order valence-corrected chi connectivity index (χ2v) is 6.51. The quantitative estimate of drug-likeness (QED) is 0.622. The lowest BCUT2D eigenvalue weighted by Crippen LogP contribution is -2.28. The molecule has 1 aliphatic rings. The average Bonchev–Trinajstić information content (AvgIpc) is 3.22. The lowest BCUT2D eigenvalue weighted by Gasteiger charge is -2.19. The molecule has 8 heteroatoms. The highest BCUT2D eigenvalue weighted by Crippen LogP contribution is 2.37. The maximum Gasteiger partial charge on any atom is 0.167 e. The Morgan fingerprint density at radius 1 is 1.15 bits per heavy atom. The molecule has 0 saturated carbocycles. The molecule has 2 aromatic heterocycles. The van der Waals surface area contributed by atoms with E-state index in [1.54, 1.807) is 4.57 Å². The van der Waals surface area contributed by atoms with Gasteiger partial charge < -0.3 is 20.7 Å². The standard InChI is InChI=1S/C18H21N5O3/c19-16-14-17(21-9-20-16)23(10-22-14)18-15(25)12(13(8-24)26-18)7-6-11-4-2-1-3-5-11/h1-5,9-10,12-13,15,18,24-25H,6-8H2,(H2,19,20,21)/t12?,13-,15+,18-/m1/s1. The van der Waals surface area contributed by atoms with Crippen LogP contribution in [0.1, 0.15) is 18.2 Å². The van der Waals surface area contributed by atoms with Gasteiger partial charge in [0.25, 0.3) is 0 Å². The molecule has 136 valence electrons. The predicted molar refractivity (Wildman–Crippen MR) is 95.0 cm³/mol. The first-order chi connectivity index (χ1) is 12.7. The Morgan fingerprint density at radius 2 is 1.96 bits per heavy atom. The number of nitrogens with two attached hydrogens (primary N) is 1. The number of imidazole rings is 1. The number of anilines is 1. The van der Waals surface area contributed by atoms with Gasteiger partial charge in [-0.1, -0.05) is 30.3 Å². The van der Waals surface area contributed by atoms with E-state index in [0.717, 1.165) is 6.42 Å². The van der Waals surface area contributed by atoms with E-state index in [2.05, 4.69) is 27.1 Å². The number of fused-ring (bicyclic) bond motifs is 1. The maximum atomic E-state index is 10.9. The molecule has 26 heavy (non-hydrogen) atoms. The highest BCUT2D eigenvalue weighted by atomic mass is 16.5. The molecule has 0 amide bonds. The molecule has 3 heterocycles. The first-order valence-electron chi connectivity index (χ1n) is 8.60. The van der Waals surface area contributed by atoms with Crippen molar-refractivity contribution >= 4 is 17.0 Å². The molecule has 1 saturated heterocycles. The van der Waals surface area contributed by atoms with Crippen LogP contribution in [0.3, 0.4) is 0 Å². The molecular formula is C18H21N5O3. The van der Waals surface area contributed by atoms with Gasteiger partial charge in [-0.2, -0.15) is 0 Å². The monoisotopic (exact) mass is 355 g/mol. The van der Waals surface area contributed by atoms with Gasteiger partial charge in [0.05, 0.1) is 19.0 Å². The molecule has 0 aliphatic carbocycles. The first kappa shape index (κ1) is 16.9. The fraction of sp³-hybridized carbons (Fsp3) is 0.389. The van der Waals surface area contributed by atoms with Crippen molar-refractivity contribution in [2.45, 2.75) is 31.3 Å². The number of nitrogens with zero attached hydrogens (tertiary/aromatic N) is 4. The van der Waals surface area contributed by atoms with Gasteiger partial charge in [0, 0.05) is 5.92 Å². The average molecular weight is 355 g/mol. The van der Waals surface area contributed by atoms with E-state index in [1.807, 2.05) is 18.2 Å². The van der Waals surface area contributed by atoms with Crippen molar-refractivity contribution in [2.24, 2.45) is 5.92 Å². The molecule has 4 atom stereocenters. The van der Waals surface area contributed by atoms with Crippen molar-refractivity contribution in [1.29, 1.82) is 0 Å². The number of aliphatic hydroxyl groups is 2. The fourth-order valence-electron chi connectivity index (χ4n) is 3.59. The van der Waals surface area contributed by atoms with Crippen molar-refractivity contribution in [1.82, 2.24) is 19.5 Å². The van der Waals surface area contributed by atoms with E-state index in [0.29, 0.717) is 17.6 Å². The summed E-state index contributed by atoms with van der Waals surface area (Å²) in [7, 11) is 0. The summed E-state index contributed by atoms with van der Waals surface area (Å²) in [6.45, 7) is -0.156. The number of aryl methyl sites for hydroxylation is 1. The zero-order chi connectivity index (χ0) is 18.1. The Balaban J connectivity index is 1.57. The Kier molecular flexibility index (Phi) is 4.54. The summed E-state index contributed by atoms with van der Waals surface area (Å²) < 4.78 is 7.59. The van der Waals surface area contributed by atoms with Gasteiger partial charge in [-0.05, 0) is 18.4 Å². The van der Waals surface area contributed by atoms with E-state index < -0.39 is 18.4 Å². The third-order valence-electron chi connectivity index (χ3n) is 4.97. The molecular weight excluding hydrogens is 334 g/mol. The topological polar surface area (TPSA) is 119 Å². The Bertz CT molecular complexity index is 885. The molecule has 1 fully saturated rings. The van der Waals surface area contributed by atoms with Gasteiger partial charge in [-0.15, -0.1) is 0 Å². The summed E-state index contributed by atoms with van der Waals surface area (Å²) in [5, 5.41) is 20.6. The van der Waals surface area contributed by atoms with Crippen molar-refractivity contribution in [3.63, 3.8) is 0 Å². The predicted octanol–water partition coefficient (Wildman–Crippen LogP) is 0.908. The van der Waals surface area contributed by atoms with E-state index in [1.165, 1.54) is 18.2 Å². The lowest BCUT2D eigenvalue weighted by molar-refractivity contribution is -0.0493. The van der Waals surface area contributed by atoms with Gasteiger partial charge in [0.2, 0.25) is 0 Å². The van der Waals surface area contributed by atoms with Crippen LogP contribution in [-0.4, -0.2) is 48.5 Å². The number of benzene rings is 1. The van der Waals surface area contributed by atoms with Crippen molar-refractivity contribution in [3.05, 3.63) is 48.5 Å². The van der Waals surface area contributed by atoms with Gasteiger partial charge in [-0.25, -0.2) is 15.0 Å². The number of rotatable bonds is 5. The molecule has 4 N–H and O–H groups in total. The van der Waals surface area contributed by atoms with Crippen LogP contribution in [0.4, 0.5) is 5.82 Å². The second kappa shape index (κ2) is 6.99. The van der Waals surface area contributed by atoms with E-state index >= 15 is 0 Å². The molecule has 1 aromatic carbocycles. The van der Waals surface area contributed by atoms with Gasteiger partial charge >= 0.3 is 0 Å². The molecule has 1 aliphatic heterocycles. The summed E-state index contributed by atoms with van der Waals surface area (Å²) in [6.07, 6.45) is 2.49. The van der Waals surface area contributed by atoms with Crippen LogP contribution in [-0.2, 0) is 11.2 Å². The molecule has 0 bridgehead atoms. The smallest absolute Gasteiger partial charge is 0.167 e. The molecule has 4 rings (SSSR count). The minimum Gasteiger partial charge on any atom is -0.394 e. The lowest BCUT2D eigenvalue weighted by atomic mass is 9.91.